The Labute approximate surface area is 141 Å². The summed E-state index contributed by atoms with van der Waals surface area (Å²) in [4.78, 5) is 4.41. The average Bonchev–Trinajstić information content (AvgIpc) is 2.88. The monoisotopic (exact) mass is 418 g/mol. The number of alkyl halides is 2. The first-order valence-corrected chi connectivity index (χ1v) is 9.07. The lowest BCUT2D eigenvalue weighted by Gasteiger charge is -2.30. The highest BCUT2D eigenvalue weighted by Crippen LogP contribution is 2.34. The molecular formula is C15H17Br2ClN2. The van der Waals surface area contributed by atoms with Gasteiger partial charge in [0, 0.05) is 47.0 Å². The fourth-order valence-corrected chi connectivity index (χ4v) is 4.52. The first-order chi connectivity index (χ1) is 9.61. The number of benzene rings is 1. The normalized spacial score (nSPS) is 11.8. The fraction of sp³-hybridized carbons (Fsp3) is 0.400. The minimum Gasteiger partial charge on any atom is -0.338 e. The zero-order valence-corrected chi connectivity index (χ0v) is 15.2. The molecule has 0 spiro atoms. The number of imidazole rings is 1. The standard InChI is InChI=1S/C15H17Br2ClN2/c1-20-9-8-19-14(20)6-7-15(10-16,11-17)12-2-4-13(18)5-3-12/h2-5,8-9H,6-7,10-11H2,1H3. The predicted octanol–water partition coefficient (Wildman–Crippen LogP) is 4.73. The van der Waals surface area contributed by atoms with E-state index in [1.807, 2.05) is 31.6 Å². The molecule has 0 unspecified atom stereocenters. The smallest absolute Gasteiger partial charge is 0.108 e. The van der Waals surface area contributed by atoms with Gasteiger partial charge < -0.3 is 4.57 Å². The van der Waals surface area contributed by atoms with Crippen molar-refractivity contribution in [2.45, 2.75) is 18.3 Å². The lowest BCUT2D eigenvalue weighted by Crippen LogP contribution is -2.31. The first-order valence-electron chi connectivity index (χ1n) is 6.45. The van der Waals surface area contributed by atoms with Gasteiger partial charge in [0.1, 0.15) is 5.82 Å². The Bertz CT molecular complexity index is 547. The molecule has 0 aliphatic rings. The van der Waals surface area contributed by atoms with Gasteiger partial charge in [0.05, 0.1) is 0 Å². The van der Waals surface area contributed by atoms with Crippen LogP contribution in [0, 0.1) is 0 Å². The van der Waals surface area contributed by atoms with Crippen LogP contribution in [0.15, 0.2) is 36.7 Å². The molecule has 108 valence electrons. The second-order valence-corrected chi connectivity index (χ2v) is 6.57. The molecular weight excluding hydrogens is 403 g/mol. The topological polar surface area (TPSA) is 17.8 Å². The van der Waals surface area contributed by atoms with Gasteiger partial charge in [-0.3, -0.25) is 0 Å². The Morgan fingerprint density at radius 2 is 1.85 bits per heavy atom. The Kier molecular flexibility index (Phi) is 5.70. The van der Waals surface area contributed by atoms with E-state index < -0.39 is 0 Å². The number of hydrogen-bond acceptors (Lipinski definition) is 1. The van der Waals surface area contributed by atoms with Gasteiger partial charge in [-0.05, 0) is 24.1 Å². The maximum atomic E-state index is 5.99. The van der Waals surface area contributed by atoms with Crippen LogP contribution >= 0.6 is 43.5 Å². The Balaban J connectivity index is 2.21. The summed E-state index contributed by atoms with van der Waals surface area (Å²) in [7, 11) is 2.04. The predicted molar refractivity (Wildman–Crippen MR) is 92.2 cm³/mol. The van der Waals surface area contributed by atoms with Crippen LogP contribution in [0.1, 0.15) is 17.8 Å². The van der Waals surface area contributed by atoms with Crippen molar-refractivity contribution in [3.63, 3.8) is 0 Å². The summed E-state index contributed by atoms with van der Waals surface area (Å²) in [5, 5.41) is 2.57. The molecule has 0 N–H and O–H groups in total. The van der Waals surface area contributed by atoms with Gasteiger partial charge in [-0.1, -0.05) is 55.6 Å². The van der Waals surface area contributed by atoms with E-state index >= 15 is 0 Å². The second-order valence-electron chi connectivity index (χ2n) is 5.01. The maximum Gasteiger partial charge on any atom is 0.108 e. The van der Waals surface area contributed by atoms with E-state index in [4.69, 9.17) is 11.6 Å². The lowest BCUT2D eigenvalue weighted by atomic mass is 9.80. The van der Waals surface area contributed by atoms with E-state index in [0.29, 0.717) is 0 Å². The SMILES string of the molecule is Cn1ccnc1CCC(CBr)(CBr)c1ccc(Cl)cc1. The van der Waals surface area contributed by atoms with Crippen molar-refractivity contribution in [3.05, 3.63) is 53.1 Å². The Hall–Kier alpha value is -0.320. The highest BCUT2D eigenvalue weighted by Gasteiger charge is 2.30. The first kappa shape index (κ1) is 16.1. The number of halogens is 3. The highest BCUT2D eigenvalue weighted by atomic mass is 79.9. The third kappa shape index (κ3) is 3.46. The van der Waals surface area contributed by atoms with Crippen molar-refractivity contribution in [1.82, 2.24) is 9.55 Å². The molecule has 20 heavy (non-hydrogen) atoms. The third-order valence-corrected chi connectivity index (χ3v) is 6.12. The minimum absolute atomic E-state index is 0.0521. The Morgan fingerprint density at radius 3 is 2.35 bits per heavy atom. The molecule has 2 aromatic rings. The maximum absolute atomic E-state index is 5.99. The van der Waals surface area contributed by atoms with Gasteiger partial charge in [-0.25, -0.2) is 4.98 Å². The summed E-state index contributed by atoms with van der Waals surface area (Å²) in [6, 6.07) is 8.14. The quantitative estimate of drug-likeness (QED) is 0.618. The molecule has 1 aromatic heterocycles. The molecule has 2 rings (SSSR count). The van der Waals surface area contributed by atoms with Crippen LogP contribution in [0.4, 0.5) is 0 Å². The van der Waals surface area contributed by atoms with Crippen LogP contribution in [0.2, 0.25) is 5.02 Å². The van der Waals surface area contributed by atoms with Gasteiger partial charge in [-0.15, -0.1) is 0 Å². The molecule has 5 heteroatoms. The van der Waals surface area contributed by atoms with Crippen LogP contribution in [-0.4, -0.2) is 20.2 Å². The van der Waals surface area contributed by atoms with Crippen molar-refractivity contribution < 1.29 is 0 Å². The summed E-state index contributed by atoms with van der Waals surface area (Å²) in [5.74, 6) is 1.12. The summed E-state index contributed by atoms with van der Waals surface area (Å²) in [6.07, 6.45) is 5.81. The van der Waals surface area contributed by atoms with Gasteiger partial charge in [-0.2, -0.15) is 0 Å². The fourth-order valence-electron chi connectivity index (χ4n) is 2.26. The Morgan fingerprint density at radius 1 is 1.20 bits per heavy atom. The molecule has 0 radical (unpaired) electrons. The molecule has 0 saturated carbocycles. The molecule has 1 heterocycles. The van der Waals surface area contributed by atoms with E-state index in [-0.39, 0.29) is 5.41 Å². The molecule has 0 saturated heterocycles. The van der Waals surface area contributed by atoms with E-state index in [9.17, 15) is 0 Å². The zero-order chi connectivity index (χ0) is 14.6. The second kappa shape index (κ2) is 7.10. The summed E-state index contributed by atoms with van der Waals surface area (Å²) in [5.41, 5.74) is 1.35. The van der Waals surface area contributed by atoms with Crippen LogP contribution in [0.5, 0.6) is 0 Å². The van der Waals surface area contributed by atoms with Crippen molar-refractivity contribution in [2.75, 3.05) is 10.7 Å². The number of nitrogens with zero attached hydrogens (tertiary/aromatic N) is 2. The highest BCUT2D eigenvalue weighted by molar-refractivity contribution is 9.09. The van der Waals surface area contributed by atoms with Crippen molar-refractivity contribution in [3.8, 4) is 0 Å². The van der Waals surface area contributed by atoms with E-state index in [2.05, 4.69) is 53.5 Å². The van der Waals surface area contributed by atoms with Crippen LogP contribution in [0.25, 0.3) is 0 Å². The van der Waals surface area contributed by atoms with Crippen LogP contribution < -0.4 is 0 Å². The molecule has 0 aliphatic heterocycles. The van der Waals surface area contributed by atoms with Gasteiger partial charge in [0.2, 0.25) is 0 Å². The van der Waals surface area contributed by atoms with Crippen LogP contribution in [-0.2, 0) is 18.9 Å². The summed E-state index contributed by atoms with van der Waals surface area (Å²) >= 11 is 13.4. The van der Waals surface area contributed by atoms with E-state index in [1.54, 1.807) is 0 Å². The molecule has 0 fully saturated rings. The molecule has 0 amide bonds. The molecule has 0 bridgehead atoms. The van der Waals surface area contributed by atoms with Crippen LogP contribution in [0.3, 0.4) is 0 Å². The van der Waals surface area contributed by atoms with E-state index in [0.717, 1.165) is 34.3 Å². The molecule has 0 atom stereocenters. The number of rotatable bonds is 6. The molecule has 1 aromatic carbocycles. The van der Waals surface area contributed by atoms with Gasteiger partial charge >= 0.3 is 0 Å². The van der Waals surface area contributed by atoms with E-state index in [1.165, 1.54) is 5.56 Å². The zero-order valence-electron chi connectivity index (χ0n) is 11.3. The summed E-state index contributed by atoms with van der Waals surface area (Å²) < 4.78 is 2.08. The average molecular weight is 421 g/mol. The van der Waals surface area contributed by atoms with Crippen molar-refractivity contribution >= 4 is 43.5 Å². The largest absolute Gasteiger partial charge is 0.338 e. The van der Waals surface area contributed by atoms with Crippen molar-refractivity contribution in [1.29, 1.82) is 0 Å². The summed E-state index contributed by atoms with van der Waals surface area (Å²) in [6.45, 7) is 0. The van der Waals surface area contributed by atoms with Gasteiger partial charge in [0.15, 0.2) is 0 Å². The third-order valence-electron chi connectivity index (χ3n) is 3.72. The van der Waals surface area contributed by atoms with Crippen molar-refractivity contribution in [2.24, 2.45) is 7.05 Å². The lowest BCUT2D eigenvalue weighted by molar-refractivity contribution is 0.493. The molecule has 0 aliphatic carbocycles. The number of aromatic nitrogens is 2. The van der Waals surface area contributed by atoms with Gasteiger partial charge in [0.25, 0.3) is 0 Å². The minimum atomic E-state index is 0.0521. The number of hydrogen-bond donors (Lipinski definition) is 0. The molecule has 2 nitrogen and oxygen atoms in total. The number of aryl methyl sites for hydroxylation is 2.